The highest BCUT2D eigenvalue weighted by molar-refractivity contribution is 6.26. The molecule has 2 amide bonds. The molecule has 2 N–H and O–H groups in total. The Hall–Kier alpha value is -2.40. The number of nitrogens with two attached hydrogens (primary N) is 1. The van der Waals surface area contributed by atoms with Gasteiger partial charge in [0.05, 0.1) is 6.67 Å². The maximum absolute atomic E-state index is 12.2. The SMILES string of the molecule is CN1C(=O)c2cccc3c(N(C)CN)ccc(c23)C1=O. The van der Waals surface area contributed by atoms with Crippen LogP contribution in [0.2, 0.25) is 0 Å². The molecule has 0 saturated carbocycles. The van der Waals surface area contributed by atoms with Crippen molar-refractivity contribution in [1.82, 2.24) is 4.90 Å². The summed E-state index contributed by atoms with van der Waals surface area (Å²) in [6.45, 7) is 0.362. The molecule has 3 rings (SSSR count). The standard InChI is InChI=1S/C15H15N3O2/c1-17(8-16)12-7-6-11-13-9(12)4-3-5-10(13)14(19)18(2)15(11)20/h3-7H,8,16H2,1-2H3. The van der Waals surface area contributed by atoms with Crippen LogP contribution in [-0.2, 0) is 0 Å². The van der Waals surface area contributed by atoms with E-state index in [9.17, 15) is 9.59 Å². The Morgan fingerprint density at radius 1 is 1.10 bits per heavy atom. The molecule has 102 valence electrons. The van der Waals surface area contributed by atoms with Gasteiger partial charge >= 0.3 is 0 Å². The van der Waals surface area contributed by atoms with E-state index in [0.29, 0.717) is 17.8 Å². The molecule has 2 aromatic rings. The smallest absolute Gasteiger partial charge is 0.261 e. The maximum atomic E-state index is 12.2. The molecule has 1 heterocycles. The van der Waals surface area contributed by atoms with Crippen LogP contribution in [0.4, 0.5) is 5.69 Å². The predicted molar refractivity (Wildman–Crippen MR) is 77.8 cm³/mol. The number of nitrogens with zero attached hydrogens (tertiary/aromatic N) is 2. The zero-order valence-corrected chi connectivity index (χ0v) is 11.4. The lowest BCUT2D eigenvalue weighted by Gasteiger charge is -2.26. The van der Waals surface area contributed by atoms with Gasteiger partial charge in [0.1, 0.15) is 0 Å². The Bertz CT molecular complexity index is 717. The van der Waals surface area contributed by atoms with Crippen LogP contribution in [0.25, 0.3) is 10.8 Å². The third kappa shape index (κ3) is 1.53. The van der Waals surface area contributed by atoms with E-state index in [1.807, 2.05) is 30.1 Å². The third-order valence-corrected chi connectivity index (χ3v) is 3.77. The van der Waals surface area contributed by atoms with Crippen LogP contribution in [0, 0.1) is 0 Å². The number of carbonyl (C=O) groups is 2. The summed E-state index contributed by atoms with van der Waals surface area (Å²) in [6.07, 6.45) is 0. The quantitative estimate of drug-likeness (QED) is 0.661. The molecule has 2 aromatic carbocycles. The number of hydrogen-bond donors (Lipinski definition) is 1. The lowest BCUT2D eigenvalue weighted by atomic mass is 9.93. The Morgan fingerprint density at radius 2 is 1.75 bits per heavy atom. The second-order valence-corrected chi connectivity index (χ2v) is 4.91. The van der Waals surface area contributed by atoms with Gasteiger partial charge in [0.25, 0.3) is 11.8 Å². The summed E-state index contributed by atoms with van der Waals surface area (Å²) < 4.78 is 0. The van der Waals surface area contributed by atoms with Gasteiger partial charge in [-0.05, 0) is 18.2 Å². The van der Waals surface area contributed by atoms with Crippen molar-refractivity contribution in [1.29, 1.82) is 0 Å². The summed E-state index contributed by atoms with van der Waals surface area (Å²) in [5.41, 5.74) is 7.72. The van der Waals surface area contributed by atoms with Crippen molar-refractivity contribution in [3.05, 3.63) is 41.5 Å². The molecule has 1 aliphatic rings. The monoisotopic (exact) mass is 269 g/mol. The van der Waals surface area contributed by atoms with E-state index in [4.69, 9.17) is 5.73 Å². The van der Waals surface area contributed by atoms with Crippen LogP contribution in [0.5, 0.6) is 0 Å². The number of hydrogen-bond acceptors (Lipinski definition) is 4. The number of benzene rings is 2. The first-order chi connectivity index (χ1) is 9.56. The van der Waals surface area contributed by atoms with Gasteiger partial charge in [-0.25, -0.2) is 0 Å². The summed E-state index contributed by atoms with van der Waals surface area (Å²) >= 11 is 0. The third-order valence-electron chi connectivity index (χ3n) is 3.77. The van der Waals surface area contributed by atoms with E-state index in [-0.39, 0.29) is 11.8 Å². The van der Waals surface area contributed by atoms with Crippen molar-refractivity contribution in [3.8, 4) is 0 Å². The maximum Gasteiger partial charge on any atom is 0.261 e. The first-order valence-electron chi connectivity index (χ1n) is 6.35. The zero-order chi connectivity index (χ0) is 14.4. The fourth-order valence-corrected chi connectivity index (χ4v) is 2.63. The van der Waals surface area contributed by atoms with E-state index in [2.05, 4.69) is 0 Å². The molecular weight excluding hydrogens is 254 g/mol. The molecule has 0 unspecified atom stereocenters. The van der Waals surface area contributed by atoms with Gasteiger partial charge in [0, 0.05) is 41.7 Å². The molecule has 20 heavy (non-hydrogen) atoms. The van der Waals surface area contributed by atoms with Gasteiger partial charge in [-0.15, -0.1) is 0 Å². The second kappa shape index (κ2) is 4.31. The van der Waals surface area contributed by atoms with Crippen LogP contribution in [0.1, 0.15) is 20.7 Å². The number of rotatable bonds is 2. The molecule has 0 radical (unpaired) electrons. The van der Waals surface area contributed by atoms with E-state index in [0.717, 1.165) is 21.4 Å². The van der Waals surface area contributed by atoms with Crippen molar-refractivity contribution >= 4 is 28.3 Å². The topological polar surface area (TPSA) is 66.6 Å². The van der Waals surface area contributed by atoms with Crippen LogP contribution >= 0.6 is 0 Å². The minimum absolute atomic E-state index is 0.263. The van der Waals surface area contributed by atoms with Gasteiger partial charge < -0.3 is 10.6 Å². The lowest BCUT2D eigenvalue weighted by Crippen LogP contribution is -2.37. The largest absolute Gasteiger partial charge is 0.362 e. The molecule has 5 heteroatoms. The van der Waals surface area contributed by atoms with Gasteiger partial charge in [0.2, 0.25) is 0 Å². The molecular formula is C15H15N3O2. The van der Waals surface area contributed by atoms with E-state index in [1.165, 1.54) is 7.05 Å². The van der Waals surface area contributed by atoms with Crippen LogP contribution < -0.4 is 10.6 Å². The summed E-state index contributed by atoms with van der Waals surface area (Å²) in [5.74, 6) is -0.527. The minimum atomic E-state index is -0.263. The summed E-state index contributed by atoms with van der Waals surface area (Å²) in [4.78, 5) is 27.5. The highest BCUT2D eigenvalue weighted by Crippen LogP contribution is 2.34. The van der Waals surface area contributed by atoms with E-state index < -0.39 is 0 Å². The van der Waals surface area contributed by atoms with E-state index in [1.54, 1.807) is 12.1 Å². The molecule has 0 aromatic heterocycles. The Morgan fingerprint density at radius 3 is 2.40 bits per heavy atom. The normalized spacial score (nSPS) is 14.1. The van der Waals surface area contributed by atoms with Crippen molar-refractivity contribution in [2.75, 3.05) is 25.7 Å². The molecule has 5 nitrogen and oxygen atoms in total. The summed E-state index contributed by atoms with van der Waals surface area (Å²) in [7, 11) is 3.38. The molecule has 0 fully saturated rings. The number of anilines is 1. The van der Waals surface area contributed by atoms with Gasteiger partial charge in [-0.1, -0.05) is 12.1 Å². The number of carbonyl (C=O) groups excluding carboxylic acids is 2. The Kier molecular flexibility index (Phi) is 2.72. The predicted octanol–water partition coefficient (Wildman–Crippen LogP) is 1.42. The first kappa shape index (κ1) is 12.6. The van der Waals surface area contributed by atoms with Crippen molar-refractivity contribution in [3.63, 3.8) is 0 Å². The zero-order valence-electron chi connectivity index (χ0n) is 11.4. The van der Waals surface area contributed by atoms with Crippen molar-refractivity contribution in [2.24, 2.45) is 5.73 Å². The van der Waals surface area contributed by atoms with Crippen LogP contribution in [0.15, 0.2) is 30.3 Å². The summed E-state index contributed by atoms with van der Waals surface area (Å²) in [5, 5.41) is 1.60. The highest BCUT2D eigenvalue weighted by Gasteiger charge is 2.30. The average molecular weight is 269 g/mol. The Labute approximate surface area is 116 Å². The molecule has 0 aliphatic carbocycles. The van der Waals surface area contributed by atoms with Gasteiger partial charge in [-0.2, -0.15) is 0 Å². The van der Waals surface area contributed by atoms with Crippen LogP contribution in [-0.4, -0.2) is 37.5 Å². The molecule has 0 saturated heterocycles. The Balaban J connectivity index is 2.41. The van der Waals surface area contributed by atoms with Crippen molar-refractivity contribution < 1.29 is 9.59 Å². The fourth-order valence-electron chi connectivity index (χ4n) is 2.63. The second-order valence-electron chi connectivity index (χ2n) is 4.91. The fraction of sp³-hybridized carbons (Fsp3) is 0.200. The molecule has 0 bridgehead atoms. The highest BCUT2D eigenvalue weighted by atomic mass is 16.2. The summed E-state index contributed by atoms with van der Waals surface area (Å²) in [6, 6.07) is 9.13. The molecule has 0 atom stereocenters. The molecule has 1 aliphatic heterocycles. The number of amides is 2. The van der Waals surface area contributed by atoms with Crippen molar-refractivity contribution in [2.45, 2.75) is 0 Å². The average Bonchev–Trinajstić information content (AvgIpc) is 2.49. The van der Waals surface area contributed by atoms with Gasteiger partial charge in [0.15, 0.2) is 0 Å². The van der Waals surface area contributed by atoms with Gasteiger partial charge in [-0.3, -0.25) is 14.5 Å². The molecule has 0 spiro atoms. The lowest BCUT2D eigenvalue weighted by molar-refractivity contribution is 0.0651. The van der Waals surface area contributed by atoms with E-state index >= 15 is 0 Å². The number of imide groups is 1. The minimum Gasteiger partial charge on any atom is -0.362 e. The first-order valence-corrected chi connectivity index (χ1v) is 6.35. The van der Waals surface area contributed by atoms with Crippen LogP contribution in [0.3, 0.4) is 0 Å².